The van der Waals surface area contributed by atoms with Gasteiger partial charge in [-0.3, -0.25) is 4.79 Å². The minimum Gasteiger partial charge on any atom is -0.396 e. The van der Waals surface area contributed by atoms with Crippen LogP contribution in [-0.4, -0.2) is 54.7 Å². The van der Waals surface area contributed by atoms with E-state index in [2.05, 4.69) is 9.88 Å². The van der Waals surface area contributed by atoms with Gasteiger partial charge in [-0.05, 0) is 43.7 Å². The first kappa shape index (κ1) is 20.7. The molecule has 2 heterocycles. The molecule has 5 nitrogen and oxygen atoms in total. The van der Waals surface area contributed by atoms with Crippen molar-refractivity contribution in [3.63, 3.8) is 0 Å². The average Bonchev–Trinajstić information content (AvgIpc) is 2.61. The van der Waals surface area contributed by atoms with Crippen molar-refractivity contribution in [2.45, 2.75) is 39.5 Å². The van der Waals surface area contributed by atoms with Gasteiger partial charge in [-0.15, -0.1) is 0 Å². The van der Waals surface area contributed by atoms with E-state index in [-0.39, 0.29) is 17.7 Å². The Bertz CT molecular complexity index is 515. The molecule has 0 radical (unpaired) electrons. The van der Waals surface area contributed by atoms with Crippen LogP contribution in [0, 0.1) is 5.92 Å². The Morgan fingerprint density at radius 1 is 1.33 bits per heavy atom. The van der Waals surface area contributed by atoms with E-state index >= 15 is 0 Å². The predicted octanol–water partition coefficient (Wildman–Crippen LogP) is 3.45. The number of halogens is 1. The van der Waals surface area contributed by atoms with Crippen molar-refractivity contribution in [3.05, 3.63) is 22.8 Å². The van der Waals surface area contributed by atoms with Crippen molar-refractivity contribution >= 4 is 23.3 Å². The van der Waals surface area contributed by atoms with Gasteiger partial charge >= 0.3 is 0 Å². The summed E-state index contributed by atoms with van der Waals surface area (Å²) < 4.78 is 0. The molecular weight excluding hydrogens is 326 g/mol. The maximum absolute atomic E-state index is 12.0. The number of rotatable bonds is 5. The van der Waals surface area contributed by atoms with E-state index in [1.165, 1.54) is 4.90 Å². The third-order valence-electron chi connectivity index (χ3n) is 4.18. The zero-order valence-corrected chi connectivity index (χ0v) is 16.0. The van der Waals surface area contributed by atoms with Gasteiger partial charge in [0, 0.05) is 33.8 Å². The quantitative estimate of drug-likeness (QED) is 0.822. The Labute approximate surface area is 150 Å². The van der Waals surface area contributed by atoms with Gasteiger partial charge in [-0.25, -0.2) is 4.98 Å². The van der Waals surface area contributed by atoms with Gasteiger partial charge in [-0.1, -0.05) is 25.4 Å². The third kappa shape index (κ3) is 5.64. The molecule has 0 aromatic carbocycles. The Morgan fingerprint density at radius 3 is 2.46 bits per heavy atom. The highest BCUT2D eigenvalue weighted by Crippen LogP contribution is 2.27. The number of pyridine rings is 1. The molecule has 6 heteroatoms. The Balaban J connectivity index is 0.00000139. The smallest absolute Gasteiger partial charge is 0.256 e. The van der Waals surface area contributed by atoms with E-state index in [4.69, 9.17) is 16.7 Å². The molecule has 0 atom stereocenters. The fourth-order valence-electron chi connectivity index (χ4n) is 2.83. The van der Waals surface area contributed by atoms with E-state index < -0.39 is 0 Å². The highest BCUT2D eigenvalue weighted by atomic mass is 35.5. The van der Waals surface area contributed by atoms with Gasteiger partial charge in [0.25, 0.3) is 5.91 Å². The van der Waals surface area contributed by atoms with Crippen LogP contribution in [0.1, 0.15) is 49.9 Å². The molecule has 1 aliphatic rings. The highest BCUT2D eigenvalue weighted by Gasteiger charge is 2.21. The zero-order chi connectivity index (χ0) is 18.1. The molecule has 1 N–H and O–H groups in total. The van der Waals surface area contributed by atoms with E-state index in [0.717, 1.165) is 44.6 Å². The normalized spacial score (nSPS) is 14.8. The van der Waals surface area contributed by atoms with Crippen molar-refractivity contribution in [2.75, 3.05) is 38.7 Å². The Hall–Kier alpha value is -1.33. The van der Waals surface area contributed by atoms with E-state index in [1.807, 2.05) is 19.9 Å². The van der Waals surface area contributed by atoms with Crippen molar-refractivity contribution < 1.29 is 9.90 Å². The van der Waals surface area contributed by atoms with Gasteiger partial charge in [0.1, 0.15) is 11.0 Å². The highest BCUT2D eigenvalue weighted by molar-refractivity contribution is 6.32. The summed E-state index contributed by atoms with van der Waals surface area (Å²) in [7, 11) is 3.40. The fraction of sp³-hybridized carbons (Fsp3) is 0.667. The minimum absolute atomic E-state index is 0.133. The third-order valence-corrected chi connectivity index (χ3v) is 4.47. The minimum atomic E-state index is -0.133. The lowest BCUT2D eigenvalue weighted by Gasteiger charge is -2.33. The summed E-state index contributed by atoms with van der Waals surface area (Å²) in [5.74, 6) is 1.39. The lowest BCUT2D eigenvalue weighted by molar-refractivity contribution is 0.0827. The topological polar surface area (TPSA) is 56.7 Å². The van der Waals surface area contributed by atoms with Crippen LogP contribution < -0.4 is 4.90 Å². The molecule has 1 fully saturated rings. The van der Waals surface area contributed by atoms with Crippen molar-refractivity contribution in [2.24, 2.45) is 5.92 Å². The monoisotopic (exact) mass is 355 g/mol. The maximum Gasteiger partial charge on any atom is 0.256 e. The number of piperidine rings is 1. The standard InChI is InChI=1S/C16H24ClN3O2.C2H6/c1-19(2)16(22)13-5-6-14(18-15(13)17)20-9-7-12(8-10-20)4-3-11-21;1-2/h5-6,12,21H,3-4,7-11H2,1-2H3;1-2H3. The molecule has 24 heavy (non-hydrogen) atoms. The number of aromatic nitrogens is 1. The molecule has 1 aliphatic heterocycles. The number of carbonyl (C=O) groups excluding carboxylic acids is 1. The van der Waals surface area contributed by atoms with Gasteiger partial charge in [0.05, 0.1) is 5.56 Å². The first-order valence-electron chi connectivity index (χ1n) is 8.77. The number of nitrogens with zero attached hydrogens (tertiary/aromatic N) is 3. The molecule has 1 aromatic rings. The number of anilines is 1. The van der Waals surface area contributed by atoms with Crippen LogP contribution in [0.5, 0.6) is 0 Å². The van der Waals surface area contributed by atoms with Crippen LogP contribution in [0.15, 0.2) is 12.1 Å². The van der Waals surface area contributed by atoms with Crippen LogP contribution in [0.2, 0.25) is 5.15 Å². The summed E-state index contributed by atoms with van der Waals surface area (Å²) in [4.78, 5) is 20.1. The lowest BCUT2D eigenvalue weighted by atomic mass is 9.92. The number of amides is 1. The van der Waals surface area contributed by atoms with Crippen LogP contribution >= 0.6 is 11.6 Å². The molecule has 2 rings (SSSR count). The fourth-order valence-corrected chi connectivity index (χ4v) is 3.06. The van der Waals surface area contributed by atoms with Crippen LogP contribution in [0.25, 0.3) is 0 Å². The zero-order valence-electron chi connectivity index (χ0n) is 15.3. The molecular formula is C18H30ClN3O2. The lowest BCUT2D eigenvalue weighted by Crippen LogP contribution is -2.34. The summed E-state index contributed by atoms with van der Waals surface area (Å²) in [6.45, 7) is 6.17. The Morgan fingerprint density at radius 2 is 1.96 bits per heavy atom. The second kappa shape index (κ2) is 10.5. The second-order valence-corrected chi connectivity index (χ2v) is 6.36. The maximum atomic E-state index is 12.0. The largest absolute Gasteiger partial charge is 0.396 e. The number of hydrogen-bond acceptors (Lipinski definition) is 4. The van der Waals surface area contributed by atoms with Crippen molar-refractivity contribution in [1.82, 2.24) is 9.88 Å². The number of hydrogen-bond donors (Lipinski definition) is 1. The van der Waals surface area contributed by atoms with Crippen LogP contribution in [0.3, 0.4) is 0 Å². The van der Waals surface area contributed by atoms with Gasteiger partial charge in [0.15, 0.2) is 0 Å². The summed E-state index contributed by atoms with van der Waals surface area (Å²) in [6.07, 6.45) is 4.19. The predicted molar refractivity (Wildman–Crippen MR) is 99.9 cm³/mol. The molecule has 136 valence electrons. The summed E-state index contributed by atoms with van der Waals surface area (Å²) >= 11 is 6.17. The SMILES string of the molecule is CC.CN(C)C(=O)c1ccc(N2CCC(CCCO)CC2)nc1Cl. The molecule has 1 saturated heterocycles. The first-order valence-corrected chi connectivity index (χ1v) is 9.14. The first-order chi connectivity index (χ1) is 11.5. The summed E-state index contributed by atoms with van der Waals surface area (Å²) in [5, 5.41) is 9.16. The van der Waals surface area contributed by atoms with E-state index in [0.29, 0.717) is 11.5 Å². The van der Waals surface area contributed by atoms with Crippen LogP contribution in [-0.2, 0) is 0 Å². The molecule has 0 aliphatic carbocycles. The molecule has 1 aromatic heterocycles. The summed E-state index contributed by atoms with van der Waals surface area (Å²) in [6, 6.07) is 3.63. The molecule has 0 unspecified atom stereocenters. The van der Waals surface area contributed by atoms with Crippen LogP contribution in [0.4, 0.5) is 5.82 Å². The molecule has 0 spiro atoms. The Kier molecular flexibility index (Phi) is 9.08. The second-order valence-electron chi connectivity index (χ2n) is 6.00. The summed E-state index contributed by atoms with van der Waals surface area (Å²) in [5.41, 5.74) is 0.438. The number of carbonyl (C=O) groups is 1. The van der Waals surface area contributed by atoms with E-state index in [1.54, 1.807) is 20.2 Å². The average molecular weight is 356 g/mol. The number of aliphatic hydroxyl groups is 1. The number of aliphatic hydroxyl groups excluding tert-OH is 1. The molecule has 1 amide bonds. The van der Waals surface area contributed by atoms with Crippen molar-refractivity contribution in [3.8, 4) is 0 Å². The van der Waals surface area contributed by atoms with E-state index in [9.17, 15) is 4.79 Å². The van der Waals surface area contributed by atoms with Gasteiger partial charge < -0.3 is 14.9 Å². The molecule has 0 bridgehead atoms. The molecule has 0 saturated carbocycles. The van der Waals surface area contributed by atoms with Gasteiger partial charge in [0.2, 0.25) is 0 Å². The van der Waals surface area contributed by atoms with Gasteiger partial charge in [-0.2, -0.15) is 0 Å². The van der Waals surface area contributed by atoms with Crippen molar-refractivity contribution in [1.29, 1.82) is 0 Å².